The molecule has 0 unspecified atom stereocenters. The van der Waals surface area contributed by atoms with Crippen LogP contribution in [0.15, 0.2) is 36.4 Å². The van der Waals surface area contributed by atoms with Gasteiger partial charge in [-0.2, -0.15) is 0 Å². The largest absolute Gasteiger partial charge is 0.485 e. The first-order valence-corrected chi connectivity index (χ1v) is 7.38. The summed E-state index contributed by atoms with van der Waals surface area (Å²) in [5.41, 5.74) is 1.76. The van der Waals surface area contributed by atoms with E-state index in [0.717, 1.165) is 26.6 Å². The normalized spacial score (nSPS) is 10.9. The molecule has 3 heteroatoms. The summed E-state index contributed by atoms with van der Waals surface area (Å²) in [6, 6.07) is 9.65. The van der Waals surface area contributed by atoms with Crippen molar-refractivity contribution in [3.8, 4) is 5.75 Å². The maximum Gasteiger partial charge on any atom is 0.201 e. The first kappa shape index (κ1) is 14.5. The Balaban J connectivity index is 2.09. The summed E-state index contributed by atoms with van der Waals surface area (Å²) in [4.78, 5) is 14.4. The van der Waals surface area contributed by atoms with Crippen LogP contribution in [-0.4, -0.2) is 12.4 Å². The molecule has 0 radical (unpaired) electrons. The molecule has 2 aromatic rings. The third kappa shape index (κ3) is 3.36. The van der Waals surface area contributed by atoms with Gasteiger partial charge in [-0.15, -0.1) is 11.3 Å². The first-order chi connectivity index (χ1) is 9.61. The fourth-order valence-corrected chi connectivity index (χ4v) is 3.00. The number of Topliss-reactive ketones (excluding diaryl/α,β-unsaturated/α-hetero) is 1. The van der Waals surface area contributed by atoms with Crippen LogP contribution in [0, 0.1) is 13.8 Å². The highest BCUT2D eigenvalue weighted by atomic mass is 32.1. The van der Waals surface area contributed by atoms with Crippen molar-refractivity contribution < 1.29 is 9.53 Å². The van der Waals surface area contributed by atoms with Gasteiger partial charge in [0.15, 0.2) is 6.61 Å². The molecule has 104 valence electrons. The van der Waals surface area contributed by atoms with Gasteiger partial charge < -0.3 is 4.74 Å². The van der Waals surface area contributed by atoms with Crippen LogP contribution in [0.2, 0.25) is 0 Å². The fourth-order valence-electron chi connectivity index (χ4n) is 2.06. The Hall–Kier alpha value is -1.87. The first-order valence-electron chi connectivity index (χ1n) is 6.56. The van der Waals surface area contributed by atoms with Gasteiger partial charge in [0, 0.05) is 20.9 Å². The molecule has 0 atom stereocenters. The number of carbonyl (C=O) groups is 1. The number of rotatable bonds is 5. The van der Waals surface area contributed by atoms with Gasteiger partial charge in [0.1, 0.15) is 5.75 Å². The Kier molecular flexibility index (Phi) is 4.74. The fraction of sp³-hybridized carbons (Fsp3) is 0.235. The van der Waals surface area contributed by atoms with Crippen molar-refractivity contribution in [1.29, 1.82) is 0 Å². The second kappa shape index (κ2) is 6.53. The molecule has 1 heterocycles. The molecule has 1 aromatic heterocycles. The lowest BCUT2D eigenvalue weighted by Crippen LogP contribution is -2.12. The van der Waals surface area contributed by atoms with Crippen molar-refractivity contribution in [3.05, 3.63) is 57.3 Å². The van der Waals surface area contributed by atoms with E-state index in [1.54, 1.807) is 11.3 Å². The zero-order chi connectivity index (χ0) is 14.5. The summed E-state index contributed by atoms with van der Waals surface area (Å²) in [5.74, 6) is 0.769. The Morgan fingerprint density at radius 1 is 1.30 bits per heavy atom. The molecule has 0 saturated carbocycles. The van der Waals surface area contributed by atoms with E-state index in [1.807, 2.05) is 63.3 Å². The van der Waals surface area contributed by atoms with Gasteiger partial charge in [-0.25, -0.2) is 0 Å². The lowest BCUT2D eigenvalue weighted by atomic mass is 10.1. The molecule has 0 spiro atoms. The highest BCUT2D eigenvalue weighted by molar-refractivity contribution is 7.12. The van der Waals surface area contributed by atoms with Gasteiger partial charge in [0.05, 0.1) is 0 Å². The third-order valence-corrected chi connectivity index (χ3v) is 3.93. The molecule has 2 rings (SSSR count). The SMILES string of the molecule is CC=Cc1ccccc1OCC(=O)c1cc(C)sc1C. The molecule has 0 fully saturated rings. The van der Waals surface area contributed by atoms with E-state index < -0.39 is 0 Å². The van der Waals surface area contributed by atoms with Crippen LogP contribution in [0.3, 0.4) is 0 Å². The van der Waals surface area contributed by atoms with Gasteiger partial charge in [-0.3, -0.25) is 4.79 Å². The summed E-state index contributed by atoms with van der Waals surface area (Å²) < 4.78 is 5.67. The van der Waals surface area contributed by atoms with E-state index in [9.17, 15) is 4.79 Å². The summed E-state index contributed by atoms with van der Waals surface area (Å²) in [7, 11) is 0. The number of allylic oxidation sites excluding steroid dienone is 1. The second-order valence-corrected chi connectivity index (χ2v) is 6.04. The summed E-state index contributed by atoms with van der Waals surface area (Å²) in [6.45, 7) is 6.01. The molecule has 0 aliphatic heterocycles. The van der Waals surface area contributed by atoms with Crippen molar-refractivity contribution in [3.63, 3.8) is 0 Å². The van der Waals surface area contributed by atoms with Crippen LogP contribution < -0.4 is 4.74 Å². The molecule has 2 nitrogen and oxygen atoms in total. The smallest absolute Gasteiger partial charge is 0.201 e. The summed E-state index contributed by atoms with van der Waals surface area (Å²) >= 11 is 1.64. The molecule has 1 aromatic carbocycles. The van der Waals surface area contributed by atoms with E-state index in [4.69, 9.17) is 4.74 Å². The quantitative estimate of drug-likeness (QED) is 0.747. The molecule has 0 amide bonds. The second-order valence-electron chi connectivity index (χ2n) is 4.58. The summed E-state index contributed by atoms with van der Waals surface area (Å²) in [5, 5.41) is 0. The molecule has 0 aliphatic rings. The average molecular weight is 286 g/mol. The molecule has 0 saturated heterocycles. The van der Waals surface area contributed by atoms with Crippen molar-refractivity contribution in [2.75, 3.05) is 6.61 Å². The zero-order valence-corrected chi connectivity index (χ0v) is 12.8. The average Bonchev–Trinajstić information content (AvgIpc) is 2.77. The van der Waals surface area contributed by atoms with E-state index in [-0.39, 0.29) is 12.4 Å². The van der Waals surface area contributed by atoms with Gasteiger partial charge in [0.25, 0.3) is 0 Å². The molecule has 0 N–H and O–H groups in total. The molecule has 0 bridgehead atoms. The number of hydrogen-bond donors (Lipinski definition) is 0. The van der Waals surface area contributed by atoms with Gasteiger partial charge in [0.2, 0.25) is 5.78 Å². The standard InChI is InChI=1S/C17H18O2S/c1-4-7-14-8-5-6-9-17(14)19-11-16(18)15-10-12(2)20-13(15)3/h4-10H,11H2,1-3H3. The Labute approximate surface area is 123 Å². The Bertz CT molecular complexity index is 638. The van der Waals surface area contributed by atoms with E-state index in [2.05, 4.69) is 0 Å². The van der Waals surface area contributed by atoms with Crippen molar-refractivity contribution >= 4 is 23.2 Å². The van der Waals surface area contributed by atoms with Gasteiger partial charge >= 0.3 is 0 Å². The number of aryl methyl sites for hydroxylation is 2. The minimum atomic E-state index is 0.0298. The minimum Gasteiger partial charge on any atom is -0.485 e. The van der Waals surface area contributed by atoms with Crippen molar-refractivity contribution in [1.82, 2.24) is 0 Å². The molecular formula is C17H18O2S. The van der Waals surface area contributed by atoms with Crippen LogP contribution in [0.1, 0.15) is 32.6 Å². The van der Waals surface area contributed by atoms with Crippen LogP contribution >= 0.6 is 11.3 Å². The van der Waals surface area contributed by atoms with Gasteiger partial charge in [-0.1, -0.05) is 30.4 Å². The zero-order valence-electron chi connectivity index (χ0n) is 12.0. The van der Waals surface area contributed by atoms with E-state index >= 15 is 0 Å². The van der Waals surface area contributed by atoms with Crippen LogP contribution in [0.25, 0.3) is 6.08 Å². The highest BCUT2D eigenvalue weighted by Crippen LogP contribution is 2.23. The summed E-state index contributed by atoms with van der Waals surface area (Å²) in [6.07, 6.45) is 3.93. The predicted molar refractivity (Wildman–Crippen MR) is 84.8 cm³/mol. The maximum atomic E-state index is 12.2. The number of hydrogen-bond acceptors (Lipinski definition) is 3. The Morgan fingerprint density at radius 3 is 2.70 bits per heavy atom. The minimum absolute atomic E-state index is 0.0298. The molecular weight excluding hydrogens is 268 g/mol. The highest BCUT2D eigenvalue weighted by Gasteiger charge is 2.13. The lowest BCUT2D eigenvalue weighted by molar-refractivity contribution is 0.0921. The monoisotopic (exact) mass is 286 g/mol. The van der Waals surface area contributed by atoms with E-state index in [1.165, 1.54) is 0 Å². The predicted octanol–water partition coefficient (Wildman–Crippen LogP) is 4.66. The van der Waals surface area contributed by atoms with Crippen LogP contribution in [-0.2, 0) is 0 Å². The number of thiophene rings is 1. The lowest BCUT2D eigenvalue weighted by Gasteiger charge is -2.08. The topological polar surface area (TPSA) is 26.3 Å². The number of carbonyl (C=O) groups excluding carboxylic acids is 1. The third-order valence-electron chi connectivity index (χ3n) is 2.97. The van der Waals surface area contributed by atoms with Crippen molar-refractivity contribution in [2.45, 2.75) is 20.8 Å². The van der Waals surface area contributed by atoms with Crippen LogP contribution in [0.5, 0.6) is 5.75 Å². The number of para-hydroxylation sites is 1. The molecule has 20 heavy (non-hydrogen) atoms. The van der Waals surface area contributed by atoms with Crippen molar-refractivity contribution in [2.24, 2.45) is 0 Å². The van der Waals surface area contributed by atoms with Gasteiger partial charge in [-0.05, 0) is 32.9 Å². The number of benzene rings is 1. The Morgan fingerprint density at radius 2 is 2.05 bits per heavy atom. The maximum absolute atomic E-state index is 12.2. The van der Waals surface area contributed by atoms with Crippen LogP contribution in [0.4, 0.5) is 0 Å². The number of ether oxygens (including phenoxy) is 1. The molecule has 0 aliphatic carbocycles. The number of ketones is 1. The van der Waals surface area contributed by atoms with E-state index in [0.29, 0.717) is 0 Å².